The fourth-order valence-electron chi connectivity index (χ4n) is 3.30. The number of carbonyl (C=O) groups is 1. The minimum atomic E-state index is -1.10. The first-order chi connectivity index (χ1) is 13.4. The highest BCUT2D eigenvalue weighted by Crippen LogP contribution is 2.28. The van der Waals surface area contributed by atoms with Crippen molar-refractivity contribution in [1.29, 1.82) is 0 Å². The van der Waals surface area contributed by atoms with Gasteiger partial charge in [-0.25, -0.2) is 8.78 Å². The fourth-order valence-corrected chi connectivity index (χ4v) is 3.30. The van der Waals surface area contributed by atoms with E-state index in [4.69, 9.17) is 0 Å². The Hall–Kier alpha value is -3.55. The molecule has 0 aliphatic rings. The number of pyridine rings is 1. The molecule has 142 valence electrons. The SMILES string of the molecule is C[C@H](c1c[nH]c(=O)c2cc(F)c(F)cc12)N(C)C(=O)c1n[nH]c2ccccc12. The molecule has 1 atom stereocenters. The molecule has 0 saturated heterocycles. The van der Waals surface area contributed by atoms with Gasteiger partial charge in [-0.3, -0.25) is 14.7 Å². The van der Waals surface area contributed by atoms with Crippen molar-refractivity contribution in [3.8, 4) is 0 Å². The second kappa shape index (κ2) is 6.56. The molecule has 4 aromatic rings. The number of H-pyrrole nitrogens is 2. The number of nitrogens with zero attached hydrogens (tertiary/aromatic N) is 2. The zero-order valence-electron chi connectivity index (χ0n) is 15.1. The van der Waals surface area contributed by atoms with Crippen LogP contribution < -0.4 is 5.56 Å². The van der Waals surface area contributed by atoms with Crippen LogP contribution in [0.5, 0.6) is 0 Å². The summed E-state index contributed by atoms with van der Waals surface area (Å²) < 4.78 is 27.4. The highest BCUT2D eigenvalue weighted by Gasteiger charge is 2.25. The normalized spacial score (nSPS) is 12.4. The lowest BCUT2D eigenvalue weighted by atomic mass is 10.0. The number of fused-ring (bicyclic) bond motifs is 2. The van der Waals surface area contributed by atoms with Crippen molar-refractivity contribution in [3.63, 3.8) is 0 Å². The van der Waals surface area contributed by atoms with Gasteiger partial charge in [-0.2, -0.15) is 5.10 Å². The second-order valence-electron chi connectivity index (χ2n) is 6.59. The summed E-state index contributed by atoms with van der Waals surface area (Å²) in [6, 6.07) is 8.56. The number of aromatic nitrogens is 3. The summed E-state index contributed by atoms with van der Waals surface area (Å²) in [7, 11) is 1.59. The number of aromatic amines is 2. The molecular formula is C20H16F2N4O2. The topological polar surface area (TPSA) is 81.8 Å². The molecule has 0 radical (unpaired) electrons. The summed E-state index contributed by atoms with van der Waals surface area (Å²) in [5.74, 6) is -2.50. The lowest BCUT2D eigenvalue weighted by molar-refractivity contribution is 0.0739. The van der Waals surface area contributed by atoms with E-state index in [-0.39, 0.29) is 22.4 Å². The van der Waals surface area contributed by atoms with Crippen molar-refractivity contribution in [1.82, 2.24) is 20.1 Å². The van der Waals surface area contributed by atoms with Crippen LogP contribution in [-0.2, 0) is 0 Å². The molecule has 4 rings (SSSR count). The number of benzene rings is 2. The molecule has 2 aromatic carbocycles. The zero-order chi connectivity index (χ0) is 20.0. The van der Waals surface area contributed by atoms with Crippen LogP contribution in [0.2, 0.25) is 0 Å². The Morgan fingerprint density at radius 3 is 2.54 bits per heavy atom. The molecule has 2 N–H and O–H groups in total. The van der Waals surface area contributed by atoms with Gasteiger partial charge in [-0.1, -0.05) is 18.2 Å². The van der Waals surface area contributed by atoms with Gasteiger partial charge < -0.3 is 9.88 Å². The third-order valence-corrected chi connectivity index (χ3v) is 5.00. The average Bonchev–Trinajstić information content (AvgIpc) is 3.12. The molecule has 0 saturated carbocycles. The van der Waals surface area contributed by atoms with Gasteiger partial charge in [0, 0.05) is 18.6 Å². The van der Waals surface area contributed by atoms with Crippen molar-refractivity contribution in [2.24, 2.45) is 0 Å². The molecule has 6 nitrogen and oxygen atoms in total. The number of nitrogens with one attached hydrogen (secondary N) is 2. The zero-order valence-corrected chi connectivity index (χ0v) is 15.1. The van der Waals surface area contributed by atoms with Gasteiger partial charge in [0.25, 0.3) is 11.5 Å². The van der Waals surface area contributed by atoms with Crippen LogP contribution >= 0.6 is 0 Å². The lowest BCUT2D eigenvalue weighted by Crippen LogP contribution is -2.30. The molecular weight excluding hydrogens is 366 g/mol. The van der Waals surface area contributed by atoms with Crippen LogP contribution in [0, 0.1) is 11.6 Å². The fraction of sp³-hybridized carbons (Fsp3) is 0.150. The van der Waals surface area contributed by atoms with E-state index >= 15 is 0 Å². The molecule has 2 heterocycles. The van der Waals surface area contributed by atoms with E-state index in [0.717, 1.165) is 17.6 Å². The van der Waals surface area contributed by atoms with Crippen LogP contribution in [0.3, 0.4) is 0 Å². The van der Waals surface area contributed by atoms with Gasteiger partial charge in [0.05, 0.1) is 16.9 Å². The first-order valence-corrected chi connectivity index (χ1v) is 8.59. The molecule has 0 bridgehead atoms. The minimum Gasteiger partial charge on any atom is -0.333 e. The molecule has 1 amide bonds. The molecule has 8 heteroatoms. The summed E-state index contributed by atoms with van der Waals surface area (Å²) in [6.45, 7) is 1.74. The van der Waals surface area contributed by atoms with Crippen LogP contribution in [0.25, 0.3) is 21.7 Å². The van der Waals surface area contributed by atoms with Crippen LogP contribution in [0.1, 0.15) is 29.0 Å². The number of carbonyl (C=O) groups excluding carboxylic acids is 1. The molecule has 0 aliphatic heterocycles. The summed E-state index contributed by atoms with van der Waals surface area (Å²) in [5, 5.41) is 7.89. The quantitative estimate of drug-likeness (QED) is 0.569. The minimum absolute atomic E-state index is 0.0225. The van der Waals surface area contributed by atoms with Crippen LogP contribution in [-0.4, -0.2) is 33.0 Å². The number of hydrogen-bond donors (Lipinski definition) is 2. The first-order valence-electron chi connectivity index (χ1n) is 8.59. The maximum absolute atomic E-state index is 13.8. The van der Waals surface area contributed by atoms with E-state index in [1.807, 2.05) is 18.2 Å². The van der Waals surface area contributed by atoms with Crippen molar-refractivity contribution < 1.29 is 13.6 Å². The van der Waals surface area contributed by atoms with E-state index < -0.39 is 23.2 Å². The predicted octanol–water partition coefficient (Wildman–Crippen LogP) is 3.52. The van der Waals surface area contributed by atoms with Gasteiger partial charge in [0.1, 0.15) is 0 Å². The number of rotatable bonds is 3. The lowest BCUT2D eigenvalue weighted by Gasteiger charge is -2.25. The Bertz CT molecular complexity index is 1280. The van der Waals surface area contributed by atoms with Crippen molar-refractivity contribution in [3.05, 3.63) is 75.8 Å². The van der Waals surface area contributed by atoms with Gasteiger partial charge in [0.2, 0.25) is 0 Å². The summed E-state index contributed by atoms with van der Waals surface area (Å²) in [5.41, 5.74) is 0.955. The number of para-hydroxylation sites is 1. The molecule has 0 unspecified atom stereocenters. The van der Waals surface area contributed by atoms with E-state index in [2.05, 4.69) is 15.2 Å². The third kappa shape index (κ3) is 2.74. The van der Waals surface area contributed by atoms with Gasteiger partial charge in [-0.05, 0) is 36.1 Å². The number of hydrogen-bond acceptors (Lipinski definition) is 3. The van der Waals surface area contributed by atoms with Crippen molar-refractivity contribution in [2.45, 2.75) is 13.0 Å². The molecule has 0 spiro atoms. The highest BCUT2D eigenvalue weighted by molar-refractivity contribution is 6.04. The van der Waals surface area contributed by atoms with E-state index in [1.165, 1.54) is 11.1 Å². The van der Waals surface area contributed by atoms with Gasteiger partial charge in [0.15, 0.2) is 17.3 Å². The smallest absolute Gasteiger partial charge is 0.275 e. The Balaban J connectivity index is 1.78. The second-order valence-corrected chi connectivity index (χ2v) is 6.59. The Morgan fingerprint density at radius 2 is 1.79 bits per heavy atom. The Kier molecular flexibility index (Phi) is 4.18. The molecule has 28 heavy (non-hydrogen) atoms. The van der Waals surface area contributed by atoms with E-state index in [9.17, 15) is 18.4 Å². The maximum atomic E-state index is 13.8. The summed E-state index contributed by atoms with van der Waals surface area (Å²) in [6.07, 6.45) is 1.42. The van der Waals surface area contributed by atoms with E-state index in [0.29, 0.717) is 10.9 Å². The first kappa shape index (κ1) is 17.8. The van der Waals surface area contributed by atoms with Gasteiger partial charge in [-0.15, -0.1) is 0 Å². The predicted molar refractivity (Wildman–Crippen MR) is 101 cm³/mol. The van der Waals surface area contributed by atoms with Crippen molar-refractivity contribution >= 4 is 27.6 Å². The third-order valence-electron chi connectivity index (χ3n) is 5.00. The molecule has 0 fully saturated rings. The molecule has 0 aliphatic carbocycles. The summed E-state index contributed by atoms with van der Waals surface area (Å²) in [4.78, 5) is 29.0. The van der Waals surface area contributed by atoms with E-state index in [1.54, 1.807) is 20.0 Å². The summed E-state index contributed by atoms with van der Waals surface area (Å²) >= 11 is 0. The standard InChI is InChI=1S/C20H16F2N4O2/c1-10(14-9-23-19(27)13-8-16(22)15(21)7-12(13)14)26(2)20(28)18-11-5-3-4-6-17(11)24-25-18/h3-10H,1-2H3,(H,23,27)(H,24,25)/t10-/m1/s1. The number of halogens is 2. The Labute approximate surface area is 157 Å². The monoisotopic (exact) mass is 382 g/mol. The largest absolute Gasteiger partial charge is 0.333 e. The van der Waals surface area contributed by atoms with Crippen LogP contribution in [0.4, 0.5) is 8.78 Å². The Morgan fingerprint density at radius 1 is 1.11 bits per heavy atom. The van der Waals surface area contributed by atoms with Gasteiger partial charge >= 0.3 is 0 Å². The average molecular weight is 382 g/mol. The molecule has 2 aromatic heterocycles. The van der Waals surface area contributed by atoms with Crippen LogP contribution in [0.15, 0.2) is 47.4 Å². The number of amides is 1. The van der Waals surface area contributed by atoms with Crippen molar-refractivity contribution in [2.75, 3.05) is 7.05 Å². The highest BCUT2D eigenvalue weighted by atomic mass is 19.2. The maximum Gasteiger partial charge on any atom is 0.275 e.